The van der Waals surface area contributed by atoms with Gasteiger partial charge in [0, 0.05) is 17.9 Å². The number of hydrogen-bond acceptors (Lipinski definition) is 2. The van der Waals surface area contributed by atoms with Gasteiger partial charge in [-0.3, -0.25) is 0 Å². The Morgan fingerprint density at radius 2 is 2.54 bits per heavy atom. The summed E-state index contributed by atoms with van der Waals surface area (Å²) in [6.45, 7) is 2.63. The molecular formula is C9H13N3O. The van der Waals surface area contributed by atoms with E-state index < -0.39 is 0 Å². The van der Waals surface area contributed by atoms with Crippen molar-refractivity contribution in [2.24, 2.45) is 11.0 Å². The summed E-state index contributed by atoms with van der Waals surface area (Å²) in [7, 11) is 0. The molecule has 0 spiro atoms. The van der Waals surface area contributed by atoms with Gasteiger partial charge in [-0.05, 0) is 23.6 Å². The molecule has 1 aromatic heterocycles. The highest BCUT2D eigenvalue weighted by atomic mass is 16.3. The molecule has 0 saturated heterocycles. The first-order chi connectivity index (χ1) is 6.36. The van der Waals surface area contributed by atoms with E-state index in [0.717, 1.165) is 18.6 Å². The molecule has 4 nitrogen and oxygen atoms in total. The molecule has 0 aliphatic heterocycles. The van der Waals surface area contributed by atoms with Crippen LogP contribution < -0.4 is 0 Å². The maximum Gasteiger partial charge on any atom is 0.104 e. The van der Waals surface area contributed by atoms with Gasteiger partial charge in [-0.25, -0.2) is 0 Å². The highest BCUT2D eigenvalue weighted by Gasteiger charge is 2.07. The van der Waals surface area contributed by atoms with Gasteiger partial charge in [-0.15, -0.1) is 0 Å². The Kier molecular flexibility index (Phi) is 3.93. The third-order valence-corrected chi connectivity index (χ3v) is 2.05. The van der Waals surface area contributed by atoms with Crippen LogP contribution in [0.4, 0.5) is 0 Å². The number of furan rings is 1. The lowest BCUT2D eigenvalue weighted by Crippen LogP contribution is -2.05. The van der Waals surface area contributed by atoms with E-state index in [9.17, 15) is 0 Å². The highest BCUT2D eigenvalue weighted by molar-refractivity contribution is 4.99. The van der Waals surface area contributed by atoms with Crippen molar-refractivity contribution in [3.63, 3.8) is 0 Å². The summed E-state index contributed by atoms with van der Waals surface area (Å²) in [4.78, 5) is 2.75. The van der Waals surface area contributed by atoms with Crippen LogP contribution in [0.5, 0.6) is 0 Å². The number of rotatable bonds is 5. The maximum absolute atomic E-state index is 8.17. The minimum atomic E-state index is 0.391. The minimum absolute atomic E-state index is 0.391. The largest absolute Gasteiger partial charge is 0.469 e. The molecule has 0 radical (unpaired) electrons. The molecule has 70 valence electrons. The van der Waals surface area contributed by atoms with Gasteiger partial charge in [0.2, 0.25) is 0 Å². The molecule has 0 aromatic carbocycles. The fraction of sp³-hybridized carbons (Fsp3) is 0.556. The molecule has 1 rings (SSSR count). The SMILES string of the molecule is CC[C@H](CN=[N+]=[N-])Cc1ccco1. The lowest BCUT2D eigenvalue weighted by molar-refractivity contribution is 0.434. The van der Waals surface area contributed by atoms with Crippen molar-refractivity contribution in [1.82, 2.24) is 0 Å². The maximum atomic E-state index is 8.17. The first-order valence-electron chi connectivity index (χ1n) is 4.40. The van der Waals surface area contributed by atoms with Crippen molar-refractivity contribution in [3.05, 3.63) is 34.6 Å². The van der Waals surface area contributed by atoms with Gasteiger partial charge in [-0.2, -0.15) is 0 Å². The predicted molar refractivity (Wildman–Crippen MR) is 50.2 cm³/mol. The van der Waals surface area contributed by atoms with Crippen molar-refractivity contribution in [1.29, 1.82) is 0 Å². The van der Waals surface area contributed by atoms with E-state index in [0.29, 0.717) is 12.5 Å². The van der Waals surface area contributed by atoms with Gasteiger partial charge in [0.05, 0.1) is 6.26 Å². The van der Waals surface area contributed by atoms with Crippen LogP contribution >= 0.6 is 0 Å². The second-order valence-corrected chi connectivity index (χ2v) is 2.97. The average molecular weight is 179 g/mol. The number of hydrogen-bond donors (Lipinski definition) is 0. The zero-order chi connectivity index (χ0) is 9.52. The van der Waals surface area contributed by atoms with Crippen molar-refractivity contribution in [2.45, 2.75) is 19.8 Å². The second-order valence-electron chi connectivity index (χ2n) is 2.97. The van der Waals surface area contributed by atoms with E-state index in [1.165, 1.54) is 0 Å². The van der Waals surface area contributed by atoms with Gasteiger partial charge in [-0.1, -0.05) is 18.5 Å². The van der Waals surface area contributed by atoms with Crippen LogP contribution in [0.1, 0.15) is 19.1 Å². The van der Waals surface area contributed by atoms with Crippen LogP contribution in [-0.2, 0) is 6.42 Å². The standard InChI is InChI=1S/C9H13N3O/c1-2-8(7-11-12-10)6-9-4-3-5-13-9/h3-5,8H,2,6-7H2,1H3/t8-/m0/s1. The molecule has 0 amide bonds. The molecule has 0 saturated carbocycles. The fourth-order valence-corrected chi connectivity index (χ4v) is 1.20. The normalized spacial score (nSPS) is 12.1. The average Bonchev–Trinajstić information content (AvgIpc) is 2.64. The van der Waals surface area contributed by atoms with E-state index in [4.69, 9.17) is 9.95 Å². The molecule has 0 aliphatic rings. The van der Waals surface area contributed by atoms with Crippen molar-refractivity contribution >= 4 is 0 Å². The molecule has 0 bridgehead atoms. The smallest absolute Gasteiger partial charge is 0.104 e. The minimum Gasteiger partial charge on any atom is -0.469 e. The summed E-state index contributed by atoms with van der Waals surface area (Å²) in [6, 6.07) is 3.81. The quantitative estimate of drug-likeness (QED) is 0.389. The van der Waals surface area contributed by atoms with Gasteiger partial charge < -0.3 is 4.42 Å². The Morgan fingerprint density at radius 3 is 3.08 bits per heavy atom. The highest BCUT2D eigenvalue weighted by Crippen LogP contribution is 2.12. The molecule has 0 fully saturated rings. The summed E-state index contributed by atoms with van der Waals surface area (Å²) in [6.07, 6.45) is 3.51. The van der Waals surface area contributed by atoms with Crippen molar-refractivity contribution in [3.8, 4) is 0 Å². The van der Waals surface area contributed by atoms with Crippen molar-refractivity contribution in [2.75, 3.05) is 6.54 Å². The Morgan fingerprint density at radius 1 is 1.69 bits per heavy atom. The summed E-state index contributed by atoms with van der Waals surface area (Å²) < 4.78 is 5.21. The lowest BCUT2D eigenvalue weighted by atomic mass is 10.0. The number of azide groups is 1. The molecule has 1 heterocycles. The van der Waals surface area contributed by atoms with E-state index in [-0.39, 0.29) is 0 Å². The fourth-order valence-electron chi connectivity index (χ4n) is 1.20. The Bertz CT molecular complexity index is 275. The van der Waals surface area contributed by atoms with E-state index in [1.807, 2.05) is 12.1 Å². The summed E-state index contributed by atoms with van der Waals surface area (Å²) >= 11 is 0. The van der Waals surface area contributed by atoms with Crippen LogP contribution in [0.3, 0.4) is 0 Å². The third-order valence-electron chi connectivity index (χ3n) is 2.05. The topological polar surface area (TPSA) is 61.9 Å². The van der Waals surface area contributed by atoms with Crippen molar-refractivity contribution < 1.29 is 4.42 Å². The van der Waals surface area contributed by atoms with Crippen LogP contribution in [0.2, 0.25) is 0 Å². The van der Waals surface area contributed by atoms with Crippen LogP contribution in [0, 0.1) is 5.92 Å². The van der Waals surface area contributed by atoms with E-state index >= 15 is 0 Å². The second kappa shape index (κ2) is 5.27. The summed E-state index contributed by atoms with van der Waals surface area (Å²) in [5.41, 5.74) is 8.17. The zero-order valence-corrected chi connectivity index (χ0v) is 7.68. The third kappa shape index (κ3) is 3.22. The lowest BCUT2D eigenvalue weighted by Gasteiger charge is -2.08. The molecule has 0 unspecified atom stereocenters. The Labute approximate surface area is 77.2 Å². The first-order valence-corrected chi connectivity index (χ1v) is 4.40. The van der Waals surface area contributed by atoms with Crippen LogP contribution in [-0.4, -0.2) is 6.54 Å². The van der Waals surface area contributed by atoms with E-state index in [1.54, 1.807) is 6.26 Å². The molecule has 4 heteroatoms. The molecule has 13 heavy (non-hydrogen) atoms. The Balaban J connectivity index is 2.44. The monoisotopic (exact) mass is 179 g/mol. The van der Waals surface area contributed by atoms with Gasteiger partial charge in [0.1, 0.15) is 5.76 Å². The Hall–Kier alpha value is -1.41. The zero-order valence-electron chi connectivity index (χ0n) is 7.68. The molecule has 0 N–H and O–H groups in total. The molecule has 1 atom stereocenters. The first kappa shape index (κ1) is 9.68. The van der Waals surface area contributed by atoms with Gasteiger partial charge in [0.25, 0.3) is 0 Å². The van der Waals surface area contributed by atoms with Crippen LogP contribution in [0.25, 0.3) is 10.4 Å². The molecular weight excluding hydrogens is 166 g/mol. The predicted octanol–water partition coefficient (Wildman–Crippen LogP) is 3.16. The van der Waals surface area contributed by atoms with Gasteiger partial charge >= 0.3 is 0 Å². The van der Waals surface area contributed by atoms with Gasteiger partial charge in [0.15, 0.2) is 0 Å². The molecule has 0 aliphatic carbocycles. The number of nitrogens with zero attached hydrogens (tertiary/aromatic N) is 3. The molecule has 1 aromatic rings. The van der Waals surface area contributed by atoms with E-state index in [2.05, 4.69) is 16.9 Å². The summed E-state index contributed by atoms with van der Waals surface area (Å²) in [5.74, 6) is 1.35. The summed E-state index contributed by atoms with van der Waals surface area (Å²) in [5, 5.41) is 3.56. The van der Waals surface area contributed by atoms with Crippen LogP contribution in [0.15, 0.2) is 27.9 Å².